The van der Waals surface area contributed by atoms with E-state index in [-0.39, 0.29) is 5.56 Å². The third-order valence-electron chi connectivity index (χ3n) is 3.36. The number of ether oxygens (including phenoxy) is 1. The van der Waals surface area contributed by atoms with Crippen LogP contribution in [-0.4, -0.2) is 29.0 Å². The van der Waals surface area contributed by atoms with Crippen molar-refractivity contribution < 1.29 is 4.74 Å². The van der Waals surface area contributed by atoms with Gasteiger partial charge in [-0.15, -0.1) is 0 Å². The predicted octanol–water partition coefficient (Wildman–Crippen LogP) is 2.40. The average Bonchev–Trinajstić information content (AvgIpc) is 2.92. The Kier molecular flexibility index (Phi) is 5.39. The minimum atomic E-state index is -0.107. The highest BCUT2D eigenvalue weighted by Gasteiger charge is 2.14. The molecule has 0 aromatic carbocycles. The van der Waals surface area contributed by atoms with Crippen molar-refractivity contribution in [1.82, 2.24) is 9.78 Å². The highest BCUT2D eigenvalue weighted by Crippen LogP contribution is 2.21. The van der Waals surface area contributed by atoms with E-state index in [0.29, 0.717) is 30.3 Å². The molecule has 0 bridgehead atoms. The maximum Gasteiger partial charge on any atom is 0.283 e. The molecular formula is C13H20BrN3O2. The lowest BCUT2D eigenvalue weighted by Crippen LogP contribution is -2.24. The molecule has 106 valence electrons. The van der Waals surface area contributed by atoms with Crippen LogP contribution in [0.3, 0.4) is 0 Å². The molecule has 5 nitrogen and oxygen atoms in total. The zero-order valence-corrected chi connectivity index (χ0v) is 12.8. The van der Waals surface area contributed by atoms with Crippen LogP contribution in [0.5, 0.6) is 0 Å². The van der Waals surface area contributed by atoms with Gasteiger partial charge in [-0.3, -0.25) is 4.79 Å². The summed E-state index contributed by atoms with van der Waals surface area (Å²) in [7, 11) is 0. The van der Waals surface area contributed by atoms with Gasteiger partial charge in [0.2, 0.25) is 0 Å². The summed E-state index contributed by atoms with van der Waals surface area (Å²) in [6.45, 7) is 3.81. The van der Waals surface area contributed by atoms with E-state index in [9.17, 15) is 4.79 Å². The number of hydrogen-bond acceptors (Lipinski definition) is 4. The summed E-state index contributed by atoms with van der Waals surface area (Å²) in [5.74, 6) is 0. The lowest BCUT2D eigenvalue weighted by molar-refractivity contribution is 0.0659. The summed E-state index contributed by atoms with van der Waals surface area (Å²) in [6, 6.07) is 0. The number of halogens is 1. The summed E-state index contributed by atoms with van der Waals surface area (Å²) in [5.41, 5.74) is 0.619. The largest absolute Gasteiger partial charge is 0.380 e. The van der Waals surface area contributed by atoms with Gasteiger partial charge in [-0.25, -0.2) is 4.68 Å². The molecule has 1 fully saturated rings. The second-order valence-electron chi connectivity index (χ2n) is 4.70. The Morgan fingerprint density at radius 2 is 2.26 bits per heavy atom. The fourth-order valence-corrected chi connectivity index (χ4v) is 2.73. The highest BCUT2D eigenvalue weighted by atomic mass is 79.9. The minimum absolute atomic E-state index is 0.107. The van der Waals surface area contributed by atoms with Crippen LogP contribution >= 0.6 is 15.9 Å². The summed E-state index contributed by atoms with van der Waals surface area (Å²) in [6.07, 6.45) is 7.02. The molecule has 1 aromatic heterocycles. The topological polar surface area (TPSA) is 56.1 Å². The van der Waals surface area contributed by atoms with E-state index < -0.39 is 0 Å². The van der Waals surface area contributed by atoms with E-state index in [4.69, 9.17) is 4.74 Å². The molecule has 1 heterocycles. The summed E-state index contributed by atoms with van der Waals surface area (Å²) >= 11 is 3.31. The summed E-state index contributed by atoms with van der Waals surface area (Å²) in [4.78, 5) is 11.8. The zero-order valence-electron chi connectivity index (χ0n) is 11.2. The third kappa shape index (κ3) is 3.79. The van der Waals surface area contributed by atoms with Gasteiger partial charge >= 0.3 is 0 Å². The van der Waals surface area contributed by atoms with Gasteiger partial charge in [0.1, 0.15) is 4.47 Å². The lowest BCUT2D eigenvalue weighted by Gasteiger charge is -2.13. The molecule has 1 aromatic rings. The molecule has 6 heteroatoms. The third-order valence-corrected chi connectivity index (χ3v) is 4.12. The molecule has 1 aliphatic rings. The number of hydrogen-bond donors (Lipinski definition) is 1. The van der Waals surface area contributed by atoms with Crippen molar-refractivity contribution in [2.45, 2.75) is 45.3 Å². The Bertz CT molecular complexity index is 469. The zero-order chi connectivity index (χ0) is 13.7. The van der Waals surface area contributed by atoms with Gasteiger partial charge in [-0.1, -0.05) is 12.8 Å². The molecule has 1 saturated carbocycles. The SMILES string of the molecule is CCn1ncc(NCCOC2CCCC2)c(Br)c1=O. The maximum atomic E-state index is 11.8. The number of nitrogens with zero attached hydrogens (tertiary/aromatic N) is 2. The van der Waals surface area contributed by atoms with Gasteiger partial charge in [0.15, 0.2) is 0 Å². The van der Waals surface area contributed by atoms with Crippen molar-refractivity contribution in [1.29, 1.82) is 0 Å². The normalized spacial score (nSPS) is 15.9. The van der Waals surface area contributed by atoms with E-state index in [1.807, 2.05) is 6.92 Å². The second-order valence-corrected chi connectivity index (χ2v) is 5.49. The molecule has 0 saturated heterocycles. The summed E-state index contributed by atoms with van der Waals surface area (Å²) in [5, 5.41) is 7.27. The van der Waals surface area contributed by atoms with Gasteiger partial charge in [0, 0.05) is 13.1 Å². The molecule has 1 aliphatic carbocycles. The summed E-state index contributed by atoms with van der Waals surface area (Å²) < 4.78 is 7.71. The quantitative estimate of drug-likeness (QED) is 0.814. The van der Waals surface area contributed by atoms with Crippen molar-refractivity contribution in [3.8, 4) is 0 Å². The number of rotatable bonds is 6. The lowest BCUT2D eigenvalue weighted by atomic mass is 10.3. The number of aryl methyl sites for hydroxylation is 1. The molecule has 0 radical (unpaired) electrons. The maximum absolute atomic E-state index is 11.8. The first-order valence-corrected chi connectivity index (χ1v) is 7.62. The van der Waals surface area contributed by atoms with E-state index in [1.165, 1.54) is 30.4 Å². The minimum Gasteiger partial charge on any atom is -0.380 e. The monoisotopic (exact) mass is 329 g/mol. The van der Waals surface area contributed by atoms with Crippen LogP contribution in [0.15, 0.2) is 15.5 Å². The van der Waals surface area contributed by atoms with Crippen LogP contribution in [0.25, 0.3) is 0 Å². The van der Waals surface area contributed by atoms with Crippen molar-refractivity contribution in [2.75, 3.05) is 18.5 Å². The van der Waals surface area contributed by atoms with Gasteiger partial charge in [-0.05, 0) is 35.7 Å². The molecule has 0 atom stereocenters. The Labute approximate surface area is 121 Å². The molecule has 0 unspecified atom stereocenters. The fourth-order valence-electron chi connectivity index (χ4n) is 2.28. The van der Waals surface area contributed by atoms with E-state index in [1.54, 1.807) is 6.20 Å². The van der Waals surface area contributed by atoms with Crippen LogP contribution in [0.2, 0.25) is 0 Å². The van der Waals surface area contributed by atoms with Gasteiger partial charge in [0.25, 0.3) is 5.56 Å². The van der Waals surface area contributed by atoms with Crippen LogP contribution in [0.4, 0.5) is 5.69 Å². The molecule has 19 heavy (non-hydrogen) atoms. The number of nitrogens with one attached hydrogen (secondary N) is 1. The Balaban J connectivity index is 1.82. The van der Waals surface area contributed by atoms with Crippen molar-refractivity contribution in [3.05, 3.63) is 21.0 Å². The van der Waals surface area contributed by atoms with Crippen molar-refractivity contribution in [3.63, 3.8) is 0 Å². The second kappa shape index (κ2) is 7.05. The van der Waals surface area contributed by atoms with Crippen molar-refractivity contribution in [2.24, 2.45) is 0 Å². The molecule has 0 aliphatic heterocycles. The molecule has 2 rings (SSSR count). The first kappa shape index (κ1) is 14.5. The first-order valence-electron chi connectivity index (χ1n) is 6.83. The van der Waals surface area contributed by atoms with E-state index >= 15 is 0 Å². The van der Waals surface area contributed by atoms with E-state index in [0.717, 1.165) is 5.69 Å². The molecular weight excluding hydrogens is 310 g/mol. The fraction of sp³-hybridized carbons (Fsp3) is 0.692. The van der Waals surface area contributed by atoms with Crippen LogP contribution in [0, 0.1) is 0 Å². The molecule has 1 N–H and O–H groups in total. The smallest absolute Gasteiger partial charge is 0.283 e. The number of anilines is 1. The van der Waals surface area contributed by atoms with Gasteiger partial charge in [0.05, 0.1) is 24.6 Å². The Morgan fingerprint density at radius 3 is 2.95 bits per heavy atom. The van der Waals surface area contributed by atoms with Crippen LogP contribution < -0.4 is 10.9 Å². The Hall–Kier alpha value is -0.880. The van der Waals surface area contributed by atoms with E-state index in [2.05, 4.69) is 26.3 Å². The molecule has 0 spiro atoms. The van der Waals surface area contributed by atoms with Crippen LogP contribution in [-0.2, 0) is 11.3 Å². The number of aromatic nitrogens is 2. The van der Waals surface area contributed by atoms with Crippen LogP contribution in [0.1, 0.15) is 32.6 Å². The Morgan fingerprint density at radius 1 is 1.53 bits per heavy atom. The molecule has 0 amide bonds. The average molecular weight is 330 g/mol. The van der Waals surface area contributed by atoms with Crippen molar-refractivity contribution >= 4 is 21.6 Å². The first-order chi connectivity index (χ1) is 9.22. The van der Waals surface area contributed by atoms with Gasteiger partial charge in [-0.2, -0.15) is 5.10 Å². The highest BCUT2D eigenvalue weighted by molar-refractivity contribution is 9.10. The predicted molar refractivity (Wildman–Crippen MR) is 78.6 cm³/mol. The van der Waals surface area contributed by atoms with Gasteiger partial charge < -0.3 is 10.1 Å². The standard InChI is InChI=1S/C13H20BrN3O2/c1-2-17-13(18)12(14)11(9-16-17)15-7-8-19-10-5-3-4-6-10/h9-10,15H,2-8H2,1H3.